The van der Waals surface area contributed by atoms with Crippen molar-refractivity contribution in [1.82, 2.24) is 9.97 Å². The maximum Gasteiger partial charge on any atom is 0.381 e. The maximum atomic E-state index is 13.5. The van der Waals surface area contributed by atoms with Crippen molar-refractivity contribution in [2.75, 3.05) is 7.11 Å². The van der Waals surface area contributed by atoms with Crippen molar-refractivity contribution in [3.63, 3.8) is 0 Å². The Hall–Kier alpha value is -1.82. The van der Waals surface area contributed by atoms with Crippen LogP contribution >= 0.6 is 11.6 Å². The first kappa shape index (κ1) is 13.6. The molecule has 3 nitrogen and oxygen atoms in total. The molecule has 0 amide bonds. The summed E-state index contributed by atoms with van der Waals surface area (Å²) in [6, 6.07) is 4.20. The van der Waals surface area contributed by atoms with Crippen LogP contribution in [-0.4, -0.2) is 17.1 Å². The Morgan fingerprint density at radius 1 is 1.16 bits per heavy atom. The Kier molecular flexibility index (Phi) is 3.61. The summed E-state index contributed by atoms with van der Waals surface area (Å²) in [6.45, 7) is 0. The minimum atomic E-state index is -3.62. The van der Waals surface area contributed by atoms with Gasteiger partial charge in [0.15, 0.2) is 11.6 Å². The Labute approximate surface area is 112 Å². The first-order valence-electron chi connectivity index (χ1n) is 5.15. The highest BCUT2D eigenvalue weighted by molar-refractivity contribution is 6.21. The largest absolute Gasteiger partial charge is 0.494 e. The van der Waals surface area contributed by atoms with E-state index in [1.54, 1.807) is 6.07 Å². The van der Waals surface area contributed by atoms with E-state index in [9.17, 15) is 13.2 Å². The van der Waals surface area contributed by atoms with E-state index in [1.807, 2.05) is 0 Å². The molecule has 19 heavy (non-hydrogen) atoms. The highest BCUT2D eigenvalue weighted by Gasteiger charge is 2.31. The number of hydrogen-bond acceptors (Lipinski definition) is 3. The molecule has 1 aromatic carbocycles. The molecular weight excluding hydrogens is 281 g/mol. The second-order valence-electron chi connectivity index (χ2n) is 3.64. The normalized spacial score (nSPS) is 11.4. The fraction of sp³-hybridized carbons (Fsp3) is 0.167. The van der Waals surface area contributed by atoms with E-state index in [0.717, 1.165) is 12.4 Å². The van der Waals surface area contributed by atoms with Crippen LogP contribution in [0, 0.1) is 5.82 Å². The number of halogens is 4. The quantitative estimate of drug-likeness (QED) is 0.810. The minimum Gasteiger partial charge on any atom is -0.494 e. The standard InChI is InChI=1S/C12H8ClF3N2O/c1-19-10-3-2-7(4-9(10)14)8-5-17-11(18-6-8)12(13,15)16/h2-6H,1H3. The van der Waals surface area contributed by atoms with Crippen molar-refractivity contribution in [2.24, 2.45) is 0 Å². The first-order valence-corrected chi connectivity index (χ1v) is 5.53. The molecule has 0 N–H and O–H groups in total. The Morgan fingerprint density at radius 3 is 2.26 bits per heavy atom. The van der Waals surface area contributed by atoms with Crippen molar-refractivity contribution in [1.29, 1.82) is 0 Å². The summed E-state index contributed by atoms with van der Waals surface area (Å²) in [5.41, 5.74) is 0.842. The average molecular weight is 289 g/mol. The lowest BCUT2D eigenvalue weighted by atomic mass is 10.1. The highest BCUT2D eigenvalue weighted by Crippen LogP contribution is 2.30. The van der Waals surface area contributed by atoms with Crippen molar-refractivity contribution in [3.8, 4) is 16.9 Å². The molecule has 7 heteroatoms. The van der Waals surface area contributed by atoms with Crippen LogP contribution in [0.25, 0.3) is 11.1 Å². The summed E-state index contributed by atoms with van der Waals surface area (Å²) in [7, 11) is 1.35. The Morgan fingerprint density at radius 2 is 1.79 bits per heavy atom. The van der Waals surface area contributed by atoms with Crippen molar-refractivity contribution >= 4 is 11.6 Å². The van der Waals surface area contributed by atoms with E-state index >= 15 is 0 Å². The molecule has 0 aliphatic rings. The van der Waals surface area contributed by atoms with Gasteiger partial charge in [-0.2, -0.15) is 8.78 Å². The molecule has 2 aromatic rings. The topological polar surface area (TPSA) is 35.0 Å². The predicted molar refractivity (Wildman–Crippen MR) is 63.7 cm³/mol. The molecule has 0 bridgehead atoms. The SMILES string of the molecule is COc1ccc(-c2cnc(C(F)(F)Cl)nc2)cc1F. The summed E-state index contributed by atoms with van der Waals surface area (Å²) < 4.78 is 43.7. The molecule has 1 heterocycles. The number of aromatic nitrogens is 2. The smallest absolute Gasteiger partial charge is 0.381 e. The van der Waals surface area contributed by atoms with Gasteiger partial charge in [0, 0.05) is 18.0 Å². The fourth-order valence-corrected chi connectivity index (χ4v) is 1.57. The third kappa shape index (κ3) is 2.96. The fourth-order valence-electron chi connectivity index (χ4n) is 1.47. The number of ether oxygens (including phenoxy) is 1. The van der Waals surface area contributed by atoms with Crippen molar-refractivity contribution in [2.45, 2.75) is 5.38 Å². The maximum absolute atomic E-state index is 13.5. The van der Waals surface area contributed by atoms with Gasteiger partial charge in [0.2, 0.25) is 5.82 Å². The molecule has 0 aliphatic carbocycles. The van der Waals surface area contributed by atoms with E-state index in [1.165, 1.54) is 19.2 Å². The monoisotopic (exact) mass is 288 g/mol. The number of methoxy groups -OCH3 is 1. The Balaban J connectivity index is 2.35. The lowest BCUT2D eigenvalue weighted by Gasteiger charge is -2.07. The summed E-state index contributed by atoms with van der Waals surface area (Å²) in [5.74, 6) is -1.27. The first-order chi connectivity index (χ1) is 8.91. The van der Waals surface area contributed by atoms with Gasteiger partial charge in [-0.05, 0) is 29.3 Å². The molecule has 1 aromatic heterocycles. The van der Waals surface area contributed by atoms with Crippen LogP contribution in [0.15, 0.2) is 30.6 Å². The van der Waals surface area contributed by atoms with Gasteiger partial charge in [0.1, 0.15) is 0 Å². The molecule has 0 atom stereocenters. The zero-order chi connectivity index (χ0) is 14.0. The lowest BCUT2D eigenvalue weighted by Crippen LogP contribution is -2.08. The molecule has 0 radical (unpaired) electrons. The molecule has 2 rings (SSSR count). The van der Waals surface area contributed by atoms with E-state index in [4.69, 9.17) is 16.3 Å². The summed E-state index contributed by atoms with van der Waals surface area (Å²) in [4.78, 5) is 6.90. The molecular formula is C12H8ClF3N2O. The highest BCUT2D eigenvalue weighted by atomic mass is 35.5. The lowest BCUT2D eigenvalue weighted by molar-refractivity contribution is 0.0844. The van der Waals surface area contributed by atoms with E-state index in [2.05, 4.69) is 9.97 Å². The third-order valence-corrected chi connectivity index (χ3v) is 2.56. The number of alkyl halides is 3. The van der Waals surface area contributed by atoms with Gasteiger partial charge in [-0.1, -0.05) is 6.07 Å². The molecule has 0 aliphatic heterocycles. The van der Waals surface area contributed by atoms with Crippen LogP contribution < -0.4 is 4.74 Å². The zero-order valence-electron chi connectivity index (χ0n) is 9.70. The van der Waals surface area contributed by atoms with Crippen LogP contribution in [0.1, 0.15) is 5.82 Å². The van der Waals surface area contributed by atoms with Gasteiger partial charge < -0.3 is 4.74 Å². The van der Waals surface area contributed by atoms with Gasteiger partial charge in [-0.3, -0.25) is 0 Å². The van der Waals surface area contributed by atoms with Crippen LogP contribution in [0.5, 0.6) is 5.75 Å². The minimum absolute atomic E-state index is 0.0913. The number of rotatable bonds is 3. The second-order valence-corrected chi connectivity index (χ2v) is 4.12. The predicted octanol–water partition coefficient (Wildman–Crippen LogP) is 3.58. The van der Waals surface area contributed by atoms with Crippen LogP contribution in [0.4, 0.5) is 13.2 Å². The summed E-state index contributed by atoms with van der Waals surface area (Å²) >= 11 is 4.79. The van der Waals surface area contributed by atoms with E-state index in [-0.39, 0.29) is 5.75 Å². The number of nitrogens with zero attached hydrogens (tertiary/aromatic N) is 2. The van der Waals surface area contributed by atoms with Gasteiger partial charge in [0.25, 0.3) is 0 Å². The second kappa shape index (κ2) is 5.05. The van der Waals surface area contributed by atoms with Gasteiger partial charge in [-0.25, -0.2) is 14.4 Å². The zero-order valence-corrected chi connectivity index (χ0v) is 10.5. The van der Waals surface area contributed by atoms with Crippen LogP contribution in [0.2, 0.25) is 0 Å². The number of hydrogen-bond donors (Lipinski definition) is 0. The van der Waals surface area contributed by atoms with Gasteiger partial charge in [-0.15, -0.1) is 0 Å². The molecule has 0 unspecified atom stereocenters. The molecule has 0 spiro atoms. The Bertz CT molecular complexity index is 585. The third-order valence-electron chi connectivity index (χ3n) is 2.39. The summed E-state index contributed by atoms with van der Waals surface area (Å²) in [5, 5.41) is -3.62. The van der Waals surface area contributed by atoms with Crippen LogP contribution in [-0.2, 0) is 5.38 Å². The van der Waals surface area contributed by atoms with Crippen molar-refractivity contribution < 1.29 is 17.9 Å². The molecule has 0 fully saturated rings. The van der Waals surface area contributed by atoms with Gasteiger partial charge >= 0.3 is 5.38 Å². The van der Waals surface area contributed by atoms with Crippen LogP contribution in [0.3, 0.4) is 0 Å². The number of benzene rings is 1. The van der Waals surface area contributed by atoms with Crippen molar-refractivity contribution in [3.05, 3.63) is 42.2 Å². The molecule has 0 saturated heterocycles. The van der Waals surface area contributed by atoms with E-state index in [0.29, 0.717) is 11.1 Å². The average Bonchev–Trinajstić information content (AvgIpc) is 2.38. The van der Waals surface area contributed by atoms with Gasteiger partial charge in [0.05, 0.1) is 7.11 Å². The summed E-state index contributed by atoms with van der Waals surface area (Å²) in [6.07, 6.45) is 2.31. The molecule has 100 valence electrons. The van der Waals surface area contributed by atoms with E-state index < -0.39 is 17.0 Å². The molecule has 0 saturated carbocycles.